The molecule has 0 bridgehead atoms. The fourth-order valence-electron chi connectivity index (χ4n) is 4.35. The highest BCUT2D eigenvalue weighted by Gasteiger charge is 2.15. The van der Waals surface area contributed by atoms with Gasteiger partial charge in [-0.15, -0.1) is 0 Å². The van der Waals surface area contributed by atoms with Gasteiger partial charge in [-0.05, 0) is 84.5 Å². The Morgan fingerprint density at radius 2 is 1.42 bits per heavy atom. The molecule has 0 heterocycles. The SMILES string of the molecule is CC(=Nc1c(C)cc(Cc2cc(C)c(N)c(C(C)C)c2)cc1C(C)C)c1ccc(O)cc1O. The Kier molecular flexibility index (Phi) is 7.16. The van der Waals surface area contributed by atoms with E-state index in [1.165, 1.54) is 28.3 Å². The second-order valence-electron chi connectivity index (χ2n) is 9.65. The number of aromatic hydroxyl groups is 2. The second-order valence-corrected chi connectivity index (χ2v) is 9.65. The molecule has 0 saturated carbocycles. The third kappa shape index (κ3) is 5.39. The number of rotatable bonds is 6. The van der Waals surface area contributed by atoms with E-state index in [9.17, 15) is 10.2 Å². The minimum absolute atomic E-state index is 0.0243. The summed E-state index contributed by atoms with van der Waals surface area (Å²) in [4.78, 5) is 4.91. The van der Waals surface area contributed by atoms with Crippen LogP contribution in [0.5, 0.6) is 11.5 Å². The molecule has 4 nitrogen and oxygen atoms in total. The normalized spacial score (nSPS) is 12.1. The van der Waals surface area contributed by atoms with Gasteiger partial charge in [0, 0.05) is 23.0 Å². The molecule has 3 rings (SSSR count). The van der Waals surface area contributed by atoms with Crippen molar-refractivity contribution in [2.45, 2.75) is 66.7 Å². The zero-order valence-corrected chi connectivity index (χ0v) is 20.8. The van der Waals surface area contributed by atoms with Crippen LogP contribution in [0.15, 0.2) is 47.5 Å². The monoisotopic (exact) mass is 444 g/mol. The molecule has 0 aliphatic heterocycles. The third-order valence-corrected chi connectivity index (χ3v) is 6.17. The van der Waals surface area contributed by atoms with Gasteiger partial charge in [-0.1, -0.05) is 52.0 Å². The first-order chi connectivity index (χ1) is 15.5. The molecular weight excluding hydrogens is 408 g/mol. The summed E-state index contributed by atoms with van der Waals surface area (Å²) in [6.45, 7) is 14.8. The van der Waals surface area contributed by atoms with Crippen LogP contribution in [0.2, 0.25) is 0 Å². The molecule has 0 saturated heterocycles. The van der Waals surface area contributed by atoms with Crippen molar-refractivity contribution in [2.24, 2.45) is 4.99 Å². The lowest BCUT2D eigenvalue weighted by Gasteiger charge is -2.18. The number of benzene rings is 3. The number of nitrogens with two attached hydrogens (primary N) is 1. The number of anilines is 1. The number of nitrogens with zero attached hydrogens (tertiary/aromatic N) is 1. The van der Waals surface area contributed by atoms with Crippen molar-refractivity contribution in [3.8, 4) is 11.5 Å². The summed E-state index contributed by atoms with van der Waals surface area (Å²) in [5.74, 6) is 0.734. The fourth-order valence-corrected chi connectivity index (χ4v) is 4.35. The van der Waals surface area contributed by atoms with E-state index in [4.69, 9.17) is 10.7 Å². The number of phenolic OH excluding ortho intramolecular Hbond substituents is 2. The largest absolute Gasteiger partial charge is 0.508 e. The molecule has 0 aliphatic rings. The Morgan fingerprint density at radius 3 is 2.00 bits per heavy atom. The first-order valence-corrected chi connectivity index (χ1v) is 11.6. The van der Waals surface area contributed by atoms with Crippen molar-refractivity contribution >= 4 is 17.1 Å². The number of hydrogen-bond donors (Lipinski definition) is 3. The molecule has 33 heavy (non-hydrogen) atoms. The number of phenols is 2. The Bertz CT molecular complexity index is 1210. The highest BCUT2D eigenvalue weighted by Crippen LogP contribution is 2.35. The summed E-state index contributed by atoms with van der Waals surface area (Å²) in [7, 11) is 0. The quantitative estimate of drug-likeness (QED) is 0.276. The van der Waals surface area contributed by atoms with Crippen LogP contribution in [-0.4, -0.2) is 15.9 Å². The fraction of sp³-hybridized carbons (Fsp3) is 0.345. The zero-order valence-electron chi connectivity index (χ0n) is 20.8. The van der Waals surface area contributed by atoms with Crippen molar-refractivity contribution in [3.05, 3.63) is 81.4 Å². The van der Waals surface area contributed by atoms with E-state index in [2.05, 4.69) is 65.8 Å². The van der Waals surface area contributed by atoms with Crippen molar-refractivity contribution < 1.29 is 10.2 Å². The van der Waals surface area contributed by atoms with Gasteiger partial charge in [0.1, 0.15) is 11.5 Å². The van der Waals surface area contributed by atoms with Crippen LogP contribution in [0.3, 0.4) is 0 Å². The lowest BCUT2D eigenvalue weighted by molar-refractivity contribution is 0.450. The molecule has 0 fully saturated rings. The van der Waals surface area contributed by atoms with Gasteiger partial charge in [0.15, 0.2) is 0 Å². The van der Waals surface area contributed by atoms with Crippen LogP contribution in [0.1, 0.15) is 85.4 Å². The Hall–Kier alpha value is -3.27. The smallest absolute Gasteiger partial charge is 0.128 e. The summed E-state index contributed by atoms with van der Waals surface area (Å²) in [6.07, 6.45) is 0.836. The van der Waals surface area contributed by atoms with Crippen molar-refractivity contribution in [3.63, 3.8) is 0 Å². The van der Waals surface area contributed by atoms with E-state index < -0.39 is 0 Å². The number of aliphatic imine (C=N–C) groups is 1. The second kappa shape index (κ2) is 9.70. The first kappa shape index (κ1) is 24.4. The first-order valence-electron chi connectivity index (χ1n) is 11.6. The Morgan fingerprint density at radius 1 is 0.848 bits per heavy atom. The maximum atomic E-state index is 10.2. The Labute approximate surface area is 197 Å². The molecule has 0 atom stereocenters. The van der Waals surface area contributed by atoms with Crippen LogP contribution >= 0.6 is 0 Å². The third-order valence-electron chi connectivity index (χ3n) is 6.17. The minimum Gasteiger partial charge on any atom is -0.508 e. The molecule has 0 aliphatic carbocycles. The van der Waals surface area contributed by atoms with Crippen molar-refractivity contribution in [1.82, 2.24) is 0 Å². The van der Waals surface area contributed by atoms with Gasteiger partial charge in [0.25, 0.3) is 0 Å². The summed E-state index contributed by atoms with van der Waals surface area (Å²) in [5, 5.41) is 19.8. The van der Waals surface area contributed by atoms with E-state index in [0.29, 0.717) is 23.1 Å². The van der Waals surface area contributed by atoms with Crippen LogP contribution in [0.25, 0.3) is 0 Å². The summed E-state index contributed by atoms with van der Waals surface area (Å²) < 4.78 is 0. The van der Waals surface area contributed by atoms with Gasteiger partial charge in [0.05, 0.1) is 5.69 Å². The summed E-state index contributed by atoms with van der Waals surface area (Å²) in [6, 6.07) is 13.5. The molecule has 4 heteroatoms. The van der Waals surface area contributed by atoms with Gasteiger partial charge < -0.3 is 15.9 Å². The molecule has 0 aromatic heterocycles. The standard InChI is InChI=1S/C29H36N2O2/c1-16(2)25-13-21(10-18(5)28(25)30)12-22-11-19(6)29(26(14-22)17(3)4)31-20(7)24-9-8-23(32)15-27(24)33/h8-11,13-17,32-33H,12,30H2,1-7H3. The predicted molar refractivity (Wildman–Crippen MR) is 139 cm³/mol. The zero-order chi connectivity index (χ0) is 24.4. The topological polar surface area (TPSA) is 78.8 Å². The lowest BCUT2D eigenvalue weighted by atomic mass is 9.90. The average molecular weight is 445 g/mol. The van der Waals surface area contributed by atoms with Gasteiger partial charge in [-0.25, -0.2) is 0 Å². The van der Waals surface area contributed by atoms with Crippen LogP contribution in [0.4, 0.5) is 11.4 Å². The van der Waals surface area contributed by atoms with E-state index in [1.54, 1.807) is 12.1 Å². The molecule has 0 amide bonds. The van der Waals surface area contributed by atoms with E-state index in [-0.39, 0.29) is 11.5 Å². The molecule has 0 spiro atoms. The van der Waals surface area contributed by atoms with Crippen LogP contribution in [-0.2, 0) is 6.42 Å². The molecular formula is C29H36N2O2. The average Bonchev–Trinajstić information content (AvgIpc) is 2.71. The minimum atomic E-state index is 0.0243. The molecule has 3 aromatic carbocycles. The summed E-state index contributed by atoms with van der Waals surface area (Å²) in [5.41, 5.74) is 16.6. The van der Waals surface area contributed by atoms with Crippen LogP contribution < -0.4 is 5.73 Å². The van der Waals surface area contributed by atoms with Crippen LogP contribution in [0, 0.1) is 13.8 Å². The van der Waals surface area contributed by atoms with Gasteiger partial charge >= 0.3 is 0 Å². The Balaban J connectivity index is 2.04. The van der Waals surface area contributed by atoms with E-state index in [0.717, 1.165) is 28.9 Å². The maximum absolute atomic E-state index is 10.2. The molecule has 0 unspecified atom stereocenters. The molecule has 4 N–H and O–H groups in total. The number of nitrogen functional groups attached to an aromatic ring is 1. The lowest BCUT2D eigenvalue weighted by Crippen LogP contribution is -2.03. The molecule has 174 valence electrons. The highest BCUT2D eigenvalue weighted by molar-refractivity contribution is 6.02. The van der Waals surface area contributed by atoms with Crippen molar-refractivity contribution in [2.75, 3.05) is 5.73 Å². The summed E-state index contributed by atoms with van der Waals surface area (Å²) >= 11 is 0. The molecule has 3 aromatic rings. The number of hydrogen-bond acceptors (Lipinski definition) is 4. The van der Waals surface area contributed by atoms with E-state index in [1.807, 2.05) is 6.92 Å². The molecule has 0 radical (unpaired) electrons. The highest BCUT2D eigenvalue weighted by atomic mass is 16.3. The van der Waals surface area contributed by atoms with Gasteiger partial charge in [-0.3, -0.25) is 4.99 Å². The van der Waals surface area contributed by atoms with Crippen molar-refractivity contribution in [1.29, 1.82) is 0 Å². The number of aryl methyl sites for hydroxylation is 2. The maximum Gasteiger partial charge on any atom is 0.128 e. The van der Waals surface area contributed by atoms with E-state index >= 15 is 0 Å². The predicted octanol–water partition coefficient (Wildman–Crippen LogP) is 7.28. The van der Waals surface area contributed by atoms with Gasteiger partial charge in [-0.2, -0.15) is 0 Å². The van der Waals surface area contributed by atoms with Gasteiger partial charge in [0.2, 0.25) is 0 Å².